The van der Waals surface area contributed by atoms with Crippen molar-refractivity contribution in [3.63, 3.8) is 0 Å². The van der Waals surface area contributed by atoms with Gasteiger partial charge in [-0.1, -0.05) is 6.92 Å². The van der Waals surface area contributed by atoms with E-state index in [0.717, 1.165) is 19.4 Å². The molecule has 0 unspecified atom stereocenters. The van der Waals surface area contributed by atoms with Gasteiger partial charge in [-0.2, -0.15) is 0 Å². The second-order valence-electron chi connectivity index (χ2n) is 5.87. The number of nitrogens with zero attached hydrogens (tertiary/aromatic N) is 1. The number of sulfonamides is 1. The first-order valence-electron chi connectivity index (χ1n) is 7.90. The van der Waals surface area contributed by atoms with E-state index >= 15 is 0 Å². The molecule has 1 atom stereocenters. The van der Waals surface area contributed by atoms with Crippen molar-refractivity contribution < 1.29 is 17.9 Å². The number of hydrogen-bond acceptors (Lipinski definition) is 4. The first-order valence-corrected chi connectivity index (χ1v) is 9.51. The summed E-state index contributed by atoms with van der Waals surface area (Å²) in [6, 6.07) is 0. The SMILES string of the molecule is CCCS(=O)(=O)N1CCC(C(=O)NC[C@@H]2CCCO2)CC1. The van der Waals surface area contributed by atoms with Gasteiger partial charge in [-0.25, -0.2) is 12.7 Å². The van der Waals surface area contributed by atoms with E-state index in [1.54, 1.807) is 0 Å². The standard InChI is InChI=1S/C14H26N2O4S/c1-2-10-21(18,19)16-7-5-12(6-8-16)14(17)15-11-13-4-3-9-20-13/h12-13H,2-11H2,1H3,(H,15,17)/t13-/m0/s1. The molecule has 0 bridgehead atoms. The minimum Gasteiger partial charge on any atom is -0.376 e. The van der Waals surface area contributed by atoms with Gasteiger partial charge in [-0.05, 0) is 32.1 Å². The van der Waals surface area contributed by atoms with Gasteiger partial charge in [-0.3, -0.25) is 4.79 Å². The molecule has 1 amide bonds. The molecule has 0 aromatic rings. The predicted molar refractivity (Wildman–Crippen MR) is 80.4 cm³/mol. The first kappa shape index (κ1) is 16.7. The molecule has 2 fully saturated rings. The molecule has 2 aliphatic heterocycles. The first-order chi connectivity index (χ1) is 10.0. The van der Waals surface area contributed by atoms with Gasteiger partial charge in [0.15, 0.2) is 0 Å². The van der Waals surface area contributed by atoms with Crippen LogP contribution in [0.25, 0.3) is 0 Å². The topological polar surface area (TPSA) is 75.7 Å². The Kier molecular flexibility index (Phi) is 6.01. The van der Waals surface area contributed by atoms with Crippen LogP contribution in [0.1, 0.15) is 39.0 Å². The average Bonchev–Trinajstić information content (AvgIpc) is 2.98. The van der Waals surface area contributed by atoms with Crippen molar-refractivity contribution in [3.8, 4) is 0 Å². The van der Waals surface area contributed by atoms with Gasteiger partial charge in [0.2, 0.25) is 15.9 Å². The lowest BCUT2D eigenvalue weighted by atomic mass is 9.97. The van der Waals surface area contributed by atoms with E-state index in [4.69, 9.17) is 4.74 Å². The molecule has 1 N–H and O–H groups in total. The maximum Gasteiger partial charge on any atom is 0.223 e. The fraction of sp³-hybridized carbons (Fsp3) is 0.929. The number of carbonyl (C=O) groups is 1. The van der Waals surface area contributed by atoms with Crippen LogP contribution in [-0.2, 0) is 19.6 Å². The Hall–Kier alpha value is -0.660. The highest BCUT2D eigenvalue weighted by Crippen LogP contribution is 2.20. The molecular weight excluding hydrogens is 292 g/mol. The van der Waals surface area contributed by atoms with Crippen LogP contribution in [0.5, 0.6) is 0 Å². The molecule has 2 rings (SSSR count). The van der Waals surface area contributed by atoms with Crippen LogP contribution in [0, 0.1) is 5.92 Å². The summed E-state index contributed by atoms with van der Waals surface area (Å²) < 4.78 is 30.9. The average molecular weight is 318 g/mol. The van der Waals surface area contributed by atoms with E-state index in [0.29, 0.717) is 38.9 Å². The Morgan fingerprint density at radius 1 is 1.29 bits per heavy atom. The summed E-state index contributed by atoms with van der Waals surface area (Å²) in [5, 5.41) is 2.94. The predicted octanol–water partition coefficient (Wildman–Crippen LogP) is 0.733. The highest BCUT2D eigenvalue weighted by atomic mass is 32.2. The molecule has 2 heterocycles. The molecule has 0 aliphatic carbocycles. The van der Waals surface area contributed by atoms with Crippen molar-refractivity contribution in [2.75, 3.05) is 32.0 Å². The van der Waals surface area contributed by atoms with Crippen LogP contribution in [0.3, 0.4) is 0 Å². The van der Waals surface area contributed by atoms with Crippen LogP contribution >= 0.6 is 0 Å². The highest BCUT2D eigenvalue weighted by molar-refractivity contribution is 7.89. The maximum atomic E-state index is 12.1. The normalized spacial score (nSPS) is 25.1. The summed E-state index contributed by atoms with van der Waals surface area (Å²) in [6.07, 6.45) is 4.08. The van der Waals surface area contributed by atoms with Crippen LogP contribution < -0.4 is 5.32 Å². The summed E-state index contributed by atoms with van der Waals surface area (Å²) in [7, 11) is -3.13. The van der Waals surface area contributed by atoms with Crippen molar-refractivity contribution in [3.05, 3.63) is 0 Å². The van der Waals surface area contributed by atoms with Crippen molar-refractivity contribution in [1.29, 1.82) is 0 Å². The van der Waals surface area contributed by atoms with Crippen molar-refractivity contribution in [1.82, 2.24) is 9.62 Å². The van der Waals surface area contributed by atoms with Gasteiger partial charge < -0.3 is 10.1 Å². The number of piperidine rings is 1. The fourth-order valence-electron chi connectivity index (χ4n) is 2.95. The third kappa shape index (κ3) is 4.66. The molecule has 2 saturated heterocycles. The molecule has 122 valence electrons. The van der Waals surface area contributed by atoms with E-state index < -0.39 is 10.0 Å². The number of hydrogen-bond donors (Lipinski definition) is 1. The summed E-state index contributed by atoms with van der Waals surface area (Å²) in [5.74, 6) is 0.167. The second kappa shape index (κ2) is 7.56. The maximum absolute atomic E-state index is 12.1. The number of nitrogens with one attached hydrogen (secondary N) is 1. The lowest BCUT2D eigenvalue weighted by molar-refractivity contribution is -0.126. The highest BCUT2D eigenvalue weighted by Gasteiger charge is 2.30. The Bertz CT molecular complexity index is 438. The van der Waals surface area contributed by atoms with Gasteiger partial charge in [0.1, 0.15) is 0 Å². The number of amides is 1. The number of ether oxygens (including phenoxy) is 1. The van der Waals surface area contributed by atoms with Gasteiger partial charge >= 0.3 is 0 Å². The third-order valence-electron chi connectivity index (χ3n) is 4.21. The molecule has 0 radical (unpaired) electrons. The van der Waals surface area contributed by atoms with E-state index in [9.17, 15) is 13.2 Å². The molecule has 2 aliphatic rings. The Labute approximate surface area is 127 Å². The molecule has 21 heavy (non-hydrogen) atoms. The molecule has 7 heteroatoms. The minimum atomic E-state index is -3.13. The Morgan fingerprint density at radius 2 is 2.00 bits per heavy atom. The minimum absolute atomic E-state index is 0.0399. The van der Waals surface area contributed by atoms with Gasteiger partial charge in [0.25, 0.3) is 0 Å². The largest absolute Gasteiger partial charge is 0.376 e. The second-order valence-corrected chi connectivity index (χ2v) is 7.96. The fourth-order valence-corrected chi connectivity index (χ4v) is 4.49. The van der Waals surface area contributed by atoms with Gasteiger partial charge in [0, 0.05) is 32.2 Å². The van der Waals surface area contributed by atoms with Crippen molar-refractivity contribution in [2.24, 2.45) is 5.92 Å². The summed E-state index contributed by atoms with van der Waals surface area (Å²) in [5.41, 5.74) is 0. The zero-order valence-corrected chi connectivity index (χ0v) is 13.5. The zero-order chi connectivity index (χ0) is 15.3. The smallest absolute Gasteiger partial charge is 0.223 e. The molecular formula is C14H26N2O4S. The van der Waals surface area contributed by atoms with E-state index in [-0.39, 0.29) is 23.7 Å². The monoisotopic (exact) mass is 318 g/mol. The molecule has 6 nitrogen and oxygen atoms in total. The van der Waals surface area contributed by atoms with E-state index in [1.807, 2.05) is 6.92 Å². The molecule has 0 aromatic carbocycles. The summed E-state index contributed by atoms with van der Waals surface area (Å²) in [4.78, 5) is 12.1. The number of rotatable bonds is 6. The lowest BCUT2D eigenvalue weighted by Crippen LogP contribution is -2.44. The lowest BCUT2D eigenvalue weighted by Gasteiger charge is -2.30. The summed E-state index contributed by atoms with van der Waals surface area (Å²) >= 11 is 0. The van der Waals surface area contributed by atoms with E-state index in [2.05, 4.69) is 5.32 Å². The van der Waals surface area contributed by atoms with E-state index in [1.165, 1.54) is 4.31 Å². The van der Waals surface area contributed by atoms with Crippen molar-refractivity contribution >= 4 is 15.9 Å². The van der Waals surface area contributed by atoms with Crippen LogP contribution in [-0.4, -0.2) is 56.7 Å². The molecule has 0 spiro atoms. The molecule has 0 aromatic heterocycles. The van der Waals surface area contributed by atoms with Crippen LogP contribution in [0.4, 0.5) is 0 Å². The van der Waals surface area contributed by atoms with Crippen molar-refractivity contribution in [2.45, 2.75) is 45.1 Å². The van der Waals surface area contributed by atoms with Crippen LogP contribution in [0.15, 0.2) is 0 Å². The molecule has 0 saturated carbocycles. The zero-order valence-electron chi connectivity index (χ0n) is 12.7. The van der Waals surface area contributed by atoms with Gasteiger partial charge in [0.05, 0.1) is 11.9 Å². The Balaban J connectivity index is 1.73. The third-order valence-corrected chi connectivity index (χ3v) is 6.28. The quantitative estimate of drug-likeness (QED) is 0.783. The Morgan fingerprint density at radius 3 is 2.57 bits per heavy atom. The van der Waals surface area contributed by atoms with Gasteiger partial charge in [-0.15, -0.1) is 0 Å². The summed E-state index contributed by atoms with van der Waals surface area (Å²) in [6.45, 7) is 4.14. The van der Waals surface area contributed by atoms with Crippen LogP contribution in [0.2, 0.25) is 0 Å². The number of carbonyl (C=O) groups excluding carboxylic acids is 1.